The maximum absolute atomic E-state index is 14.1. The van der Waals surface area contributed by atoms with Crippen LogP contribution in [0.3, 0.4) is 0 Å². The summed E-state index contributed by atoms with van der Waals surface area (Å²) >= 11 is 0. The molecule has 12 rings (SSSR count). The number of alkyl carbamates (subject to hydrolysis) is 2. The smallest absolute Gasteiger partial charge is 0.408 e. The fraction of sp³-hybridized carbons (Fsp3) is 0.589. The number of ether oxygens (including phenoxy) is 6. The van der Waals surface area contributed by atoms with Crippen molar-refractivity contribution in [2.24, 2.45) is 34.5 Å². The molecule has 8 heterocycles. The predicted octanol–water partition coefficient (Wildman–Crippen LogP) is 9.69. The molecule has 2 aliphatic carbocycles. The SMILES string of the molecule is C[C@@H]1[C@@H]2CN(C(=O)[C@H](C(C)(C)C)NC(=O)O[C@@H]3CCC[C@H]3CCCCCc3nc4ccc(OCCNc5ncccn5)cc4nc3O2)[C@@H]1[C-]=O.C[C@@H]1[C@@H]2CN(C(=O)[C@H](C(C)(C)C)NC(=O)O[C@]3(C)C[C@H]3CCCCCc3nc4ccc(OCCNc5ncccn5)cc4nc3O2)[C@@H]1[C-]=O.[V].[V]. The van der Waals surface area contributed by atoms with Gasteiger partial charge in [-0.05, 0) is 136 Å². The number of carbonyl (C=O) groups excluding carboxylic acids is 6. The van der Waals surface area contributed by atoms with Gasteiger partial charge in [0.25, 0.3) is 0 Å². The summed E-state index contributed by atoms with van der Waals surface area (Å²) in [6.07, 6.45) is 20.9. The third-order valence-electron chi connectivity index (χ3n) is 19.9. The van der Waals surface area contributed by atoms with E-state index in [2.05, 4.69) is 53.8 Å². The quantitative estimate of drug-likeness (QED) is 0.0654. The number of rotatable bonds is 12. The summed E-state index contributed by atoms with van der Waals surface area (Å²) in [5.74, 6) is 2.14. The van der Waals surface area contributed by atoms with E-state index >= 15 is 0 Å². The Morgan fingerprint density at radius 3 is 1.49 bits per heavy atom. The Balaban J connectivity index is 0.000000231. The molecule has 0 unspecified atom stereocenters. The van der Waals surface area contributed by atoms with Crippen molar-refractivity contribution in [1.82, 2.24) is 60.3 Å². The minimum atomic E-state index is -0.925. The first-order valence-electron chi connectivity index (χ1n) is 35.1. The first kappa shape index (κ1) is 77.2. The van der Waals surface area contributed by atoms with Crippen molar-refractivity contribution in [3.63, 3.8) is 0 Å². The van der Waals surface area contributed by atoms with E-state index in [0.717, 1.165) is 99.5 Å². The molecule has 2 radical (unpaired) electrons. The van der Waals surface area contributed by atoms with Crippen LogP contribution in [0.4, 0.5) is 21.5 Å². The Morgan fingerprint density at radius 1 is 0.564 bits per heavy atom. The molecule has 2 saturated heterocycles. The summed E-state index contributed by atoms with van der Waals surface area (Å²) in [7, 11) is 0. The Morgan fingerprint density at radius 2 is 1.02 bits per heavy atom. The number of nitrogens with one attached hydrogen (secondary N) is 4. The van der Waals surface area contributed by atoms with Crippen molar-refractivity contribution < 1.29 is 94.3 Å². The topological polar surface area (TPSA) is 316 Å². The number of benzene rings is 2. The molecule has 28 heteroatoms. The minimum absolute atomic E-state index is 0. The standard InChI is InChI=1S/C37H48N7O6.C36H46N7O6.2V/c1-23-29(22-45)44-21-31(23)49-33-27(41-26-15-14-25(20-28(26)42-33)48-19-18-40-35-38-16-9-17-39-35)12-7-5-6-10-24-11-8-13-30(24)50-36(47)43-32(34(44)46)37(2,3)4;1-22-28(21-44)43-20-29(22)48-31-26(40-25-13-12-24(18-27(25)41-31)47-17-16-39-33-37-14-9-15-38-33)11-8-6-7-10-23-19-36(23,5)49-34(46)42-30(32(43)45)35(2,3)4;;/h9,14-17,20,23-24,29-32H,5-8,10-13,18-19,21H2,1-4H3,(H,43,47)(H,38,39,40);9,12-15,18,22-23,28-30H,6-8,10-11,16-17,19-20H2,1-5H3,(H,42,46)(H,37,38,39);;/q2*-1;;/t23-,24+,29+,30+,31-,32+;22-,23+,28+,29-,30+,36+;;/m00../s1. The molecule has 6 aromatic rings. The number of amides is 4. The number of carbonyl (C=O) groups is 4. The molecule has 6 aliphatic rings. The van der Waals surface area contributed by atoms with Gasteiger partial charge in [0, 0.05) is 79.9 Å². The zero-order valence-electron chi connectivity index (χ0n) is 59.2. The number of fused-ring (bicyclic) bond motifs is 10. The van der Waals surface area contributed by atoms with Gasteiger partial charge in [0.2, 0.25) is 35.5 Å². The van der Waals surface area contributed by atoms with Crippen LogP contribution in [-0.4, -0.2) is 174 Å². The first-order chi connectivity index (χ1) is 47.5. The molecule has 4 amide bonds. The van der Waals surface area contributed by atoms with Crippen molar-refractivity contribution in [1.29, 1.82) is 0 Å². The zero-order chi connectivity index (χ0) is 70.0. The number of aryl methyl sites for hydroxylation is 2. The van der Waals surface area contributed by atoms with E-state index in [9.17, 15) is 28.8 Å². The Kier molecular flexibility index (Phi) is 26.3. The van der Waals surface area contributed by atoms with Crippen molar-refractivity contribution in [3.8, 4) is 23.3 Å². The number of hydrogen-bond acceptors (Lipinski definition) is 22. The summed E-state index contributed by atoms with van der Waals surface area (Å²) < 4.78 is 36.9. The van der Waals surface area contributed by atoms with Gasteiger partial charge < -0.3 is 69.1 Å². The molecule has 540 valence electrons. The second-order valence-corrected chi connectivity index (χ2v) is 29.4. The molecular formula is C73H94N14O12V2-2. The first-order valence-corrected chi connectivity index (χ1v) is 35.1. The van der Waals surface area contributed by atoms with Crippen molar-refractivity contribution in [3.05, 3.63) is 84.7 Å². The van der Waals surface area contributed by atoms with Crippen LogP contribution in [0, 0.1) is 34.5 Å². The fourth-order valence-electron chi connectivity index (χ4n) is 14.0. The number of anilines is 2. The number of hydrogen-bond donors (Lipinski definition) is 4. The summed E-state index contributed by atoms with van der Waals surface area (Å²) in [6, 6.07) is 11.2. The molecule has 4 aliphatic heterocycles. The van der Waals surface area contributed by atoms with Crippen molar-refractivity contribution in [2.75, 3.05) is 50.0 Å². The fourth-order valence-corrected chi connectivity index (χ4v) is 14.0. The average molecular weight is 1460 g/mol. The van der Waals surface area contributed by atoms with Crippen LogP contribution >= 0.6 is 0 Å². The van der Waals surface area contributed by atoms with E-state index in [-0.39, 0.29) is 91.8 Å². The largest absolute Gasteiger partial charge is 0.540 e. The van der Waals surface area contributed by atoms with Crippen molar-refractivity contribution in [2.45, 2.75) is 200 Å². The van der Waals surface area contributed by atoms with Crippen LogP contribution in [-0.2, 0) is 78.6 Å². The summed E-state index contributed by atoms with van der Waals surface area (Å²) in [6.45, 7) is 19.0. The molecule has 12 atom stereocenters. The number of aromatic nitrogens is 8. The average Bonchev–Trinajstić information content (AvgIpc) is 1.61. The van der Waals surface area contributed by atoms with E-state index in [1.165, 1.54) is 9.80 Å². The van der Waals surface area contributed by atoms with Gasteiger partial charge in [0.15, 0.2) is 0 Å². The summed E-state index contributed by atoms with van der Waals surface area (Å²) in [5, 5.41) is 11.9. The zero-order valence-corrected chi connectivity index (χ0v) is 62.0. The molecule has 2 saturated carbocycles. The van der Waals surface area contributed by atoms with E-state index in [1.807, 2.05) is 98.7 Å². The monoisotopic (exact) mass is 1460 g/mol. The van der Waals surface area contributed by atoms with Gasteiger partial charge in [-0.1, -0.05) is 93.2 Å². The predicted molar refractivity (Wildman–Crippen MR) is 368 cm³/mol. The van der Waals surface area contributed by atoms with E-state index < -0.39 is 65.0 Å². The molecule has 4 aromatic heterocycles. The molecule has 4 fully saturated rings. The summed E-state index contributed by atoms with van der Waals surface area (Å²) in [5.41, 5.74) is 2.29. The number of nitrogens with zero attached hydrogens (tertiary/aromatic N) is 10. The minimum Gasteiger partial charge on any atom is -0.540 e. The van der Waals surface area contributed by atoms with Crippen molar-refractivity contribution >= 4 is 70.5 Å². The van der Waals surface area contributed by atoms with E-state index in [0.29, 0.717) is 85.3 Å². The van der Waals surface area contributed by atoms with Gasteiger partial charge in [-0.3, -0.25) is 9.59 Å². The van der Waals surface area contributed by atoms with Crippen LogP contribution in [0.15, 0.2) is 73.3 Å². The van der Waals surface area contributed by atoms with Gasteiger partial charge >= 0.3 is 12.2 Å². The molecule has 0 spiro atoms. The molecule has 101 heavy (non-hydrogen) atoms. The second-order valence-electron chi connectivity index (χ2n) is 29.4. The van der Waals surface area contributed by atoms with Crippen LogP contribution in [0.1, 0.15) is 151 Å². The molecule has 2 aromatic carbocycles. The Labute approximate surface area is 614 Å². The molecule has 4 bridgehead atoms. The molecular weight excluding hydrogens is 1370 g/mol. The van der Waals surface area contributed by atoms with Gasteiger partial charge in [-0.15, -0.1) is 0 Å². The Bertz CT molecular complexity index is 3820. The van der Waals surface area contributed by atoms with E-state index in [1.54, 1.807) is 36.9 Å². The molecule has 26 nitrogen and oxygen atoms in total. The second kappa shape index (κ2) is 34.4. The van der Waals surface area contributed by atoms with Crippen LogP contribution in [0.5, 0.6) is 23.3 Å². The van der Waals surface area contributed by atoms with Crippen LogP contribution in [0.2, 0.25) is 0 Å². The third kappa shape index (κ3) is 19.4. The van der Waals surface area contributed by atoms with Gasteiger partial charge in [-0.2, -0.15) is 0 Å². The maximum atomic E-state index is 14.1. The van der Waals surface area contributed by atoms with Crippen LogP contribution in [0.25, 0.3) is 22.1 Å². The normalized spacial score (nSPS) is 26.6. The third-order valence-corrected chi connectivity index (χ3v) is 19.9. The van der Waals surface area contributed by atoms with Gasteiger partial charge in [-0.25, -0.2) is 62.0 Å². The Hall–Kier alpha value is -7.93. The van der Waals surface area contributed by atoms with Crippen LogP contribution < -0.4 is 40.2 Å². The molecule has 4 N–H and O–H groups in total. The van der Waals surface area contributed by atoms with E-state index in [4.69, 9.17) is 48.4 Å². The maximum Gasteiger partial charge on any atom is 0.408 e. The van der Waals surface area contributed by atoms with Gasteiger partial charge in [0.05, 0.1) is 48.2 Å². The van der Waals surface area contributed by atoms with Gasteiger partial charge in [0.1, 0.15) is 72.1 Å². The summed E-state index contributed by atoms with van der Waals surface area (Å²) in [4.78, 5) is 119.